The number of benzene rings is 2. The third-order valence-corrected chi connectivity index (χ3v) is 8.30. The minimum absolute atomic E-state index is 0.0938. The molecule has 0 unspecified atom stereocenters. The van der Waals surface area contributed by atoms with Gasteiger partial charge in [-0.05, 0) is 49.6 Å². The molecule has 2 aromatic carbocycles. The van der Waals surface area contributed by atoms with E-state index < -0.39 is 10.0 Å². The third kappa shape index (κ3) is 5.08. The van der Waals surface area contributed by atoms with Crippen LogP contribution in [0.4, 0.5) is 0 Å². The largest absolute Gasteiger partial charge is 0.346 e. The van der Waals surface area contributed by atoms with Crippen LogP contribution < -0.4 is 5.69 Å². The van der Waals surface area contributed by atoms with Crippen molar-refractivity contribution in [3.8, 4) is 0 Å². The second-order valence-electron chi connectivity index (χ2n) is 8.91. The van der Waals surface area contributed by atoms with Gasteiger partial charge in [-0.3, -0.25) is 9.36 Å². The van der Waals surface area contributed by atoms with Crippen molar-refractivity contribution in [3.63, 3.8) is 0 Å². The zero-order valence-corrected chi connectivity index (χ0v) is 21.1. The molecule has 0 atom stereocenters. The maximum atomic E-state index is 13.0. The predicted octanol–water partition coefficient (Wildman–Crippen LogP) is 2.38. The summed E-state index contributed by atoms with van der Waals surface area (Å²) in [4.78, 5) is 27.9. The van der Waals surface area contributed by atoms with Crippen LogP contribution in [0.5, 0.6) is 0 Å². The minimum atomic E-state index is -3.54. The summed E-state index contributed by atoms with van der Waals surface area (Å²) < 4.78 is 28.9. The number of piperidine rings is 1. The second-order valence-corrected chi connectivity index (χ2v) is 11.1. The van der Waals surface area contributed by atoms with Gasteiger partial charge in [0.15, 0.2) is 0 Å². The lowest BCUT2D eigenvalue weighted by Crippen LogP contribution is -2.38. The average molecular weight is 498 g/mol. The Morgan fingerprint density at radius 3 is 2.23 bits per heavy atom. The molecular formula is C25H31N5O4S. The molecule has 1 aromatic heterocycles. The van der Waals surface area contributed by atoms with Gasteiger partial charge < -0.3 is 4.90 Å². The summed E-state index contributed by atoms with van der Waals surface area (Å²) in [7, 11) is -0.592. The van der Waals surface area contributed by atoms with Gasteiger partial charge in [-0.2, -0.15) is 5.10 Å². The lowest BCUT2D eigenvalue weighted by Gasteiger charge is -2.31. The molecule has 0 N–H and O–H groups in total. The quantitative estimate of drug-likeness (QED) is 0.499. The molecule has 35 heavy (non-hydrogen) atoms. The zero-order chi connectivity index (χ0) is 25.2. The van der Waals surface area contributed by atoms with Crippen molar-refractivity contribution in [2.45, 2.75) is 43.7 Å². The molecule has 3 aromatic rings. The van der Waals surface area contributed by atoms with Crippen molar-refractivity contribution < 1.29 is 13.2 Å². The van der Waals surface area contributed by atoms with E-state index in [1.54, 1.807) is 21.6 Å². The first-order valence-corrected chi connectivity index (χ1v) is 13.2. The number of rotatable bonds is 7. The number of carbonyl (C=O) groups is 1. The van der Waals surface area contributed by atoms with Crippen LogP contribution in [0, 0.1) is 0 Å². The number of hydrogen-bond donors (Lipinski definition) is 0. The molecule has 9 nitrogen and oxygen atoms in total. The fraction of sp³-hybridized carbons (Fsp3) is 0.400. The highest BCUT2D eigenvalue weighted by atomic mass is 32.2. The van der Waals surface area contributed by atoms with Gasteiger partial charge in [-0.25, -0.2) is 22.2 Å². The Morgan fingerprint density at radius 1 is 1.03 bits per heavy atom. The van der Waals surface area contributed by atoms with E-state index in [1.165, 1.54) is 30.9 Å². The van der Waals surface area contributed by atoms with E-state index in [0.29, 0.717) is 44.6 Å². The van der Waals surface area contributed by atoms with Gasteiger partial charge in [0.2, 0.25) is 10.0 Å². The van der Waals surface area contributed by atoms with E-state index in [2.05, 4.69) is 5.10 Å². The van der Waals surface area contributed by atoms with E-state index in [0.717, 1.165) is 15.7 Å². The lowest BCUT2D eigenvalue weighted by molar-refractivity contribution is 0.0710. The Hall–Kier alpha value is -3.24. The maximum Gasteiger partial charge on any atom is 0.346 e. The summed E-state index contributed by atoms with van der Waals surface area (Å²) in [5, 5.41) is 4.68. The van der Waals surface area contributed by atoms with Crippen LogP contribution in [0.3, 0.4) is 0 Å². The topological polar surface area (TPSA) is 97.5 Å². The molecule has 0 radical (unpaired) electrons. The minimum Gasteiger partial charge on any atom is -0.339 e. The van der Waals surface area contributed by atoms with Crippen LogP contribution in [-0.2, 0) is 23.1 Å². The van der Waals surface area contributed by atoms with Gasteiger partial charge in [0.05, 0.1) is 11.4 Å². The van der Waals surface area contributed by atoms with Crippen LogP contribution in [0.1, 0.15) is 47.4 Å². The van der Waals surface area contributed by atoms with E-state index in [1.807, 2.05) is 37.3 Å². The number of nitrogens with zero attached hydrogens (tertiary/aromatic N) is 5. The van der Waals surface area contributed by atoms with E-state index in [9.17, 15) is 18.0 Å². The first kappa shape index (κ1) is 24.9. The van der Waals surface area contributed by atoms with Gasteiger partial charge in [-0.15, -0.1) is 0 Å². The van der Waals surface area contributed by atoms with Crippen molar-refractivity contribution in [1.29, 1.82) is 0 Å². The summed E-state index contributed by atoms with van der Waals surface area (Å²) >= 11 is 0. The van der Waals surface area contributed by atoms with E-state index in [4.69, 9.17) is 0 Å². The smallest absolute Gasteiger partial charge is 0.339 e. The zero-order valence-electron chi connectivity index (χ0n) is 20.3. The molecule has 1 amide bonds. The maximum absolute atomic E-state index is 13.0. The van der Waals surface area contributed by atoms with Gasteiger partial charge >= 0.3 is 5.69 Å². The molecule has 0 saturated carbocycles. The second kappa shape index (κ2) is 10.2. The number of hydrogen-bond acceptors (Lipinski definition) is 5. The van der Waals surface area contributed by atoms with Crippen LogP contribution in [0.2, 0.25) is 0 Å². The predicted molar refractivity (Wildman–Crippen MR) is 133 cm³/mol. The molecule has 1 aliphatic heterocycles. The van der Waals surface area contributed by atoms with Gasteiger partial charge in [0, 0.05) is 45.2 Å². The summed E-state index contributed by atoms with van der Waals surface area (Å²) in [6.07, 6.45) is 1.42. The fourth-order valence-electron chi connectivity index (χ4n) is 4.42. The summed E-state index contributed by atoms with van der Waals surface area (Å²) in [5.74, 6) is 0.745. The highest BCUT2D eigenvalue weighted by Gasteiger charge is 2.29. The van der Waals surface area contributed by atoms with Gasteiger partial charge in [0.25, 0.3) is 5.91 Å². The molecule has 1 aliphatic rings. The molecule has 0 aliphatic carbocycles. The molecule has 0 spiro atoms. The van der Waals surface area contributed by atoms with Crippen LogP contribution >= 0.6 is 0 Å². The molecule has 10 heteroatoms. The number of amides is 1. The Labute approximate surface area is 205 Å². The molecule has 2 heterocycles. The number of carbonyl (C=O) groups excluding carboxylic acids is 1. The van der Waals surface area contributed by atoms with E-state index in [-0.39, 0.29) is 22.4 Å². The Morgan fingerprint density at radius 2 is 1.66 bits per heavy atom. The average Bonchev–Trinajstić information content (AvgIpc) is 3.19. The molecule has 186 valence electrons. The standard InChI is InChI=1S/C25H31N5O4S/c1-4-29-23(26-30(25(29)32)18-19-8-6-5-7-9-19)20-14-16-28(17-15-20)24(31)21-10-12-22(13-11-21)35(33,34)27(2)3/h5-13,20H,4,14-18H2,1-3H3. The SMILES string of the molecule is CCn1c(C2CCN(C(=O)c3ccc(S(=O)(=O)N(C)C)cc3)CC2)nn(Cc2ccccc2)c1=O. The Kier molecular flexibility index (Phi) is 7.23. The first-order chi connectivity index (χ1) is 16.7. The lowest BCUT2D eigenvalue weighted by atomic mass is 9.95. The molecule has 1 saturated heterocycles. The van der Waals surface area contributed by atoms with Crippen molar-refractivity contribution in [3.05, 3.63) is 82.0 Å². The van der Waals surface area contributed by atoms with Gasteiger partial charge in [0.1, 0.15) is 5.82 Å². The first-order valence-electron chi connectivity index (χ1n) is 11.8. The molecule has 1 fully saturated rings. The molecular weight excluding hydrogens is 466 g/mol. The third-order valence-electron chi connectivity index (χ3n) is 6.47. The monoisotopic (exact) mass is 497 g/mol. The highest BCUT2D eigenvalue weighted by molar-refractivity contribution is 7.89. The van der Waals surface area contributed by atoms with Crippen molar-refractivity contribution in [1.82, 2.24) is 23.6 Å². The number of aromatic nitrogens is 3. The van der Waals surface area contributed by atoms with Crippen molar-refractivity contribution >= 4 is 15.9 Å². The Balaban J connectivity index is 1.45. The van der Waals surface area contributed by atoms with Crippen molar-refractivity contribution in [2.75, 3.05) is 27.2 Å². The molecule has 4 rings (SSSR count). The summed E-state index contributed by atoms with van der Waals surface area (Å²) in [5.41, 5.74) is 1.36. The molecule has 0 bridgehead atoms. The number of sulfonamides is 1. The summed E-state index contributed by atoms with van der Waals surface area (Å²) in [6, 6.07) is 15.8. The van der Waals surface area contributed by atoms with Crippen LogP contribution in [0.15, 0.2) is 64.3 Å². The summed E-state index contributed by atoms with van der Waals surface area (Å²) in [6.45, 7) is 4.01. The number of likely N-dealkylation sites (tertiary alicyclic amines) is 1. The highest BCUT2D eigenvalue weighted by Crippen LogP contribution is 2.27. The van der Waals surface area contributed by atoms with Crippen LogP contribution in [0.25, 0.3) is 0 Å². The normalized spacial score (nSPS) is 15.0. The van der Waals surface area contributed by atoms with E-state index >= 15 is 0 Å². The fourth-order valence-corrected chi connectivity index (χ4v) is 5.32. The van der Waals surface area contributed by atoms with Gasteiger partial charge in [-0.1, -0.05) is 30.3 Å². The van der Waals surface area contributed by atoms with Crippen LogP contribution in [-0.4, -0.2) is 65.1 Å². The Bertz CT molecular complexity index is 1340. The van der Waals surface area contributed by atoms with Crippen molar-refractivity contribution in [2.24, 2.45) is 0 Å².